The maximum absolute atomic E-state index is 12.1. The second-order valence-corrected chi connectivity index (χ2v) is 4.58. The number of carbonyl (C=O) groups excluding carboxylic acids is 3. The van der Waals surface area contributed by atoms with Gasteiger partial charge in [0, 0.05) is 13.0 Å². The Morgan fingerprint density at radius 3 is 2.20 bits per heavy atom. The minimum atomic E-state index is -0.570. The number of esters is 2. The zero-order valence-electron chi connectivity index (χ0n) is 11.9. The number of amides is 1. The van der Waals surface area contributed by atoms with Crippen LogP contribution in [0.2, 0.25) is 0 Å². The lowest BCUT2D eigenvalue weighted by Gasteiger charge is -2.20. The number of rotatable bonds is 7. The van der Waals surface area contributed by atoms with Crippen LogP contribution in [0.15, 0.2) is 0 Å². The molecule has 0 radical (unpaired) electrons. The van der Waals surface area contributed by atoms with Crippen LogP contribution in [0.1, 0.15) is 25.7 Å². The summed E-state index contributed by atoms with van der Waals surface area (Å²) in [5, 5.41) is 0. The Hall–Kier alpha value is -1.63. The maximum Gasteiger partial charge on any atom is 0.325 e. The third-order valence-corrected chi connectivity index (χ3v) is 3.15. The Morgan fingerprint density at radius 2 is 1.75 bits per heavy atom. The summed E-state index contributed by atoms with van der Waals surface area (Å²) in [6.45, 7) is 0.221. The first kappa shape index (κ1) is 16.4. The number of carbonyl (C=O) groups is 3. The fourth-order valence-electron chi connectivity index (χ4n) is 1.99. The molecular weight excluding hydrogens is 266 g/mol. The zero-order chi connectivity index (χ0) is 15.0. The number of methoxy groups -OCH3 is 2. The van der Waals surface area contributed by atoms with Crippen LogP contribution in [0.5, 0.6) is 0 Å². The summed E-state index contributed by atoms with van der Waals surface area (Å²) < 4.78 is 14.5. The van der Waals surface area contributed by atoms with Crippen molar-refractivity contribution in [3.8, 4) is 0 Å². The Morgan fingerprint density at radius 1 is 1.15 bits per heavy atom. The van der Waals surface area contributed by atoms with E-state index in [2.05, 4.69) is 9.47 Å². The monoisotopic (exact) mass is 287 g/mol. The zero-order valence-corrected chi connectivity index (χ0v) is 11.9. The van der Waals surface area contributed by atoms with E-state index < -0.39 is 11.9 Å². The van der Waals surface area contributed by atoms with E-state index in [1.807, 2.05) is 0 Å². The molecule has 7 nitrogen and oxygen atoms in total. The third kappa shape index (κ3) is 5.56. The average Bonchev–Trinajstić information content (AvgIpc) is 2.96. The van der Waals surface area contributed by atoms with Gasteiger partial charge in [0.1, 0.15) is 13.1 Å². The molecule has 0 aromatic carbocycles. The Balaban J connectivity index is 2.48. The normalized spacial score (nSPS) is 17.6. The molecule has 1 aliphatic heterocycles. The lowest BCUT2D eigenvalue weighted by molar-refractivity contribution is -0.152. The van der Waals surface area contributed by atoms with Gasteiger partial charge in [0.15, 0.2) is 0 Å². The summed E-state index contributed by atoms with van der Waals surface area (Å²) >= 11 is 0. The van der Waals surface area contributed by atoms with Crippen molar-refractivity contribution in [1.82, 2.24) is 4.90 Å². The number of nitrogens with zero attached hydrogens (tertiary/aromatic N) is 1. The van der Waals surface area contributed by atoms with Crippen LogP contribution in [0.25, 0.3) is 0 Å². The molecule has 114 valence electrons. The Kier molecular flexibility index (Phi) is 7.00. The van der Waals surface area contributed by atoms with Crippen LogP contribution in [0, 0.1) is 0 Å². The van der Waals surface area contributed by atoms with Crippen molar-refractivity contribution >= 4 is 17.8 Å². The fraction of sp³-hybridized carbons (Fsp3) is 0.769. The van der Waals surface area contributed by atoms with Crippen LogP contribution >= 0.6 is 0 Å². The van der Waals surface area contributed by atoms with Crippen LogP contribution in [0.4, 0.5) is 0 Å². The smallest absolute Gasteiger partial charge is 0.325 e. The standard InChI is InChI=1S/C13H21NO6/c1-18-12(16)8-14(9-13(17)19-2)11(15)6-5-10-4-3-7-20-10/h10H,3-9H2,1-2H3. The SMILES string of the molecule is COC(=O)CN(CC(=O)OC)C(=O)CCC1CCCO1. The van der Waals surface area contributed by atoms with E-state index in [4.69, 9.17) is 4.74 Å². The van der Waals surface area contributed by atoms with E-state index in [-0.39, 0.29) is 31.5 Å². The van der Waals surface area contributed by atoms with E-state index in [0.29, 0.717) is 6.42 Å². The highest BCUT2D eigenvalue weighted by Gasteiger charge is 2.23. The molecule has 1 unspecified atom stereocenters. The molecule has 1 atom stereocenters. The van der Waals surface area contributed by atoms with E-state index in [1.165, 1.54) is 14.2 Å². The molecule has 1 heterocycles. The Labute approximate surface area is 118 Å². The van der Waals surface area contributed by atoms with Crippen molar-refractivity contribution in [3.63, 3.8) is 0 Å². The molecule has 0 aliphatic carbocycles. The van der Waals surface area contributed by atoms with E-state index in [9.17, 15) is 14.4 Å². The van der Waals surface area contributed by atoms with Gasteiger partial charge < -0.3 is 19.1 Å². The number of hydrogen-bond acceptors (Lipinski definition) is 6. The topological polar surface area (TPSA) is 82.1 Å². The van der Waals surface area contributed by atoms with Crippen LogP contribution in [0.3, 0.4) is 0 Å². The van der Waals surface area contributed by atoms with Gasteiger partial charge >= 0.3 is 11.9 Å². The molecule has 1 aliphatic rings. The summed E-state index contributed by atoms with van der Waals surface area (Å²) in [4.78, 5) is 35.7. The van der Waals surface area contributed by atoms with Gasteiger partial charge in [-0.15, -0.1) is 0 Å². The third-order valence-electron chi connectivity index (χ3n) is 3.15. The molecule has 20 heavy (non-hydrogen) atoms. The molecule has 1 fully saturated rings. The molecular formula is C13H21NO6. The lowest BCUT2D eigenvalue weighted by Crippen LogP contribution is -2.40. The molecule has 1 rings (SSSR count). The number of ether oxygens (including phenoxy) is 3. The highest BCUT2D eigenvalue weighted by Crippen LogP contribution is 2.17. The number of hydrogen-bond donors (Lipinski definition) is 0. The van der Waals surface area contributed by atoms with Crippen molar-refractivity contribution in [2.75, 3.05) is 33.9 Å². The molecule has 0 N–H and O–H groups in total. The van der Waals surface area contributed by atoms with E-state index in [1.54, 1.807) is 0 Å². The van der Waals surface area contributed by atoms with E-state index in [0.717, 1.165) is 24.3 Å². The summed E-state index contributed by atoms with van der Waals surface area (Å²) in [6.07, 6.45) is 2.88. The largest absolute Gasteiger partial charge is 0.468 e. The van der Waals surface area contributed by atoms with E-state index >= 15 is 0 Å². The Bertz CT molecular complexity index is 333. The molecule has 0 spiro atoms. The minimum Gasteiger partial charge on any atom is -0.468 e. The van der Waals surface area contributed by atoms with Gasteiger partial charge in [0.05, 0.1) is 20.3 Å². The predicted octanol–water partition coefficient (Wildman–Crippen LogP) is 0.120. The van der Waals surface area contributed by atoms with Gasteiger partial charge in [-0.3, -0.25) is 14.4 Å². The summed E-state index contributed by atoms with van der Waals surface area (Å²) in [5.74, 6) is -1.42. The first-order chi connectivity index (χ1) is 9.56. The van der Waals surface area contributed by atoms with Gasteiger partial charge in [-0.2, -0.15) is 0 Å². The quantitative estimate of drug-likeness (QED) is 0.619. The second-order valence-electron chi connectivity index (χ2n) is 4.58. The maximum atomic E-state index is 12.1. The molecule has 1 saturated heterocycles. The minimum absolute atomic E-state index is 0.0945. The first-order valence-corrected chi connectivity index (χ1v) is 6.59. The molecule has 0 aromatic rings. The highest BCUT2D eigenvalue weighted by atomic mass is 16.5. The van der Waals surface area contributed by atoms with Gasteiger partial charge in [-0.1, -0.05) is 0 Å². The van der Waals surface area contributed by atoms with Crippen molar-refractivity contribution < 1.29 is 28.6 Å². The van der Waals surface area contributed by atoms with Gasteiger partial charge in [-0.05, 0) is 19.3 Å². The molecule has 0 bridgehead atoms. The van der Waals surface area contributed by atoms with Crippen LogP contribution in [-0.4, -0.2) is 62.8 Å². The van der Waals surface area contributed by atoms with Crippen LogP contribution in [-0.2, 0) is 28.6 Å². The van der Waals surface area contributed by atoms with Crippen molar-refractivity contribution in [2.45, 2.75) is 31.8 Å². The second kappa shape index (κ2) is 8.52. The average molecular weight is 287 g/mol. The van der Waals surface area contributed by atoms with Crippen molar-refractivity contribution in [3.05, 3.63) is 0 Å². The first-order valence-electron chi connectivity index (χ1n) is 6.59. The fourth-order valence-corrected chi connectivity index (χ4v) is 1.99. The summed E-state index contributed by atoms with van der Waals surface area (Å²) in [7, 11) is 2.46. The molecule has 7 heteroatoms. The van der Waals surface area contributed by atoms with Gasteiger partial charge in [0.2, 0.25) is 5.91 Å². The van der Waals surface area contributed by atoms with Gasteiger partial charge in [0.25, 0.3) is 0 Å². The lowest BCUT2D eigenvalue weighted by atomic mass is 10.1. The molecule has 0 saturated carbocycles. The van der Waals surface area contributed by atoms with Crippen LogP contribution < -0.4 is 0 Å². The predicted molar refractivity (Wildman–Crippen MR) is 68.8 cm³/mol. The van der Waals surface area contributed by atoms with Gasteiger partial charge in [-0.25, -0.2) is 0 Å². The van der Waals surface area contributed by atoms with Crippen molar-refractivity contribution in [2.24, 2.45) is 0 Å². The summed E-state index contributed by atoms with van der Waals surface area (Å²) in [5.41, 5.74) is 0. The molecule has 0 aromatic heterocycles. The van der Waals surface area contributed by atoms with Crippen molar-refractivity contribution in [1.29, 1.82) is 0 Å². The molecule has 1 amide bonds. The highest BCUT2D eigenvalue weighted by molar-refractivity contribution is 5.85. The summed E-state index contributed by atoms with van der Waals surface area (Å²) in [6, 6.07) is 0.